The molecule has 1 saturated carbocycles. The molecule has 43 heavy (non-hydrogen) atoms. The molecule has 3 aliphatic rings. The number of hydrogen-bond donors (Lipinski definition) is 1. The molecule has 1 aliphatic carbocycles. The Hall–Kier alpha value is -2.46. The van der Waals surface area contributed by atoms with E-state index < -0.39 is 17.9 Å². The van der Waals surface area contributed by atoms with Gasteiger partial charge in [0.15, 0.2) is 0 Å². The van der Waals surface area contributed by atoms with Crippen molar-refractivity contribution in [1.82, 2.24) is 9.80 Å². The SMILES string of the molecule is CC.COCC(c1cc(Cl)cc(Cl)c1)N1CCC(COc2cc(F)c(C(=O)N3CCC(F)C3)cc2C2CC2)CC1.O=CO. The molecule has 0 spiro atoms. The van der Waals surface area contributed by atoms with Crippen molar-refractivity contribution in [3.05, 3.63) is 62.9 Å². The highest BCUT2D eigenvalue weighted by Crippen LogP contribution is 2.45. The van der Waals surface area contributed by atoms with Gasteiger partial charge >= 0.3 is 0 Å². The van der Waals surface area contributed by atoms with Crippen molar-refractivity contribution in [3.63, 3.8) is 0 Å². The summed E-state index contributed by atoms with van der Waals surface area (Å²) in [4.78, 5) is 25.0. The van der Waals surface area contributed by atoms with Crippen LogP contribution >= 0.6 is 23.2 Å². The maximum Gasteiger partial charge on any atom is 0.290 e. The number of methoxy groups -OCH3 is 1. The second-order valence-corrected chi connectivity index (χ2v) is 11.7. The Bertz CT molecular complexity index is 1190. The lowest BCUT2D eigenvalue weighted by Crippen LogP contribution is -2.39. The molecule has 1 amide bonds. The number of ether oxygens (including phenoxy) is 2. The van der Waals surface area contributed by atoms with Crippen LogP contribution in [0.2, 0.25) is 10.0 Å². The molecule has 3 fully saturated rings. The first kappa shape index (κ1) is 35.0. The maximum absolute atomic E-state index is 15.1. The van der Waals surface area contributed by atoms with Crippen LogP contribution in [0.4, 0.5) is 8.78 Å². The topological polar surface area (TPSA) is 79.3 Å². The minimum Gasteiger partial charge on any atom is -0.493 e. The van der Waals surface area contributed by atoms with E-state index in [1.807, 2.05) is 26.0 Å². The van der Waals surface area contributed by atoms with Crippen molar-refractivity contribution in [2.45, 2.75) is 64.1 Å². The van der Waals surface area contributed by atoms with E-state index >= 15 is 4.39 Å². The lowest BCUT2D eigenvalue weighted by atomic mass is 9.95. The van der Waals surface area contributed by atoms with Crippen molar-refractivity contribution < 1.29 is 33.0 Å². The molecule has 7 nitrogen and oxygen atoms in total. The number of benzene rings is 2. The smallest absolute Gasteiger partial charge is 0.290 e. The monoisotopic (exact) mass is 642 g/mol. The fourth-order valence-electron chi connectivity index (χ4n) is 5.62. The largest absolute Gasteiger partial charge is 0.493 e. The van der Waals surface area contributed by atoms with Crippen molar-refractivity contribution in [1.29, 1.82) is 0 Å². The van der Waals surface area contributed by atoms with E-state index in [0.717, 1.165) is 49.9 Å². The predicted molar refractivity (Wildman–Crippen MR) is 165 cm³/mol. The van der Waals surface area contributed by atoms with Crippen LogP contribution in [0.15, 0.2) is 30.3 Å². The van der Waals surface area contributed by atoms with Gasteiger partial charge in [-0.15, -0.1) is 0 Å². The van der Waals surface area contributed by atoms with Gasteiger partial charge < -0.3 is 19.5 Å². The number of hydrogen-bond acceptors (Lipinski definition) is 5. The summed E-state index contributed by atoms with van der Waals surface area (Å²) in [6, 6.07) is 8.66. The molecule has 2 aromatic carbocycles. The Morgan fingerprint density at radius 2 is 1.67 bits per heavy atom. The number of nitrogens with zero attached hydrogens (tertiary/aromatic N) is 2. The number of carboxylic acid groups (broad SMARTS) is 1. The highest BCUT2D eigenvalue weighted by molar-refractivity contribution is 6.34. The van der Waals surface area contributed by atoms with E-state index in [9.17, 15) is 9.18 Å². The standard InChI is InChI=1S/C29H34Cl2F2N2O3.C2H6.CH2O2/c1-37-17-27(20-10-21(30)12-22(31)11-20)34-7-4-18(5-8-34)16-38-28-14-26(33)25(13-24(28)19-2-3-19)29(36)35-9-6-23(32)15-35;1-2;2-1-3/h10-14,18-19,23,27H,2-9,15-17H2,1H3;1-2H3;1H,(H,2,3). The number of amides is 1. The molecule has 11 heteroatoms. The van der Waals surface area contributed by atoms with Gasteiger partial charge in [-0.2, -0.15) is 0 Å². The Balaban J connectivity index is 0.000000953. The number of alkyl halides is 1. The summed E-state index contributed by atoms with van der Waals surface area (Å²) in [6.07, 6.45) is 3.14. The number of carbonyl (C=O) groups excluding carboxylic acids is 1. The Labute approximate surface area is 263 Å². The summed E-state index contributed by atoms with van der Waals surface area (Å²) < 4.78 is 40.4. The molecule has 2 heterocycles. The molecule has 2 aromatic rings. The normalized spacial score (nSPS) is 19.5. The van der Waals surface area contributed by atoms with Gasteiger partial charge in [-0.1, -0.05) is 37.0 Å². The van der Waals surface area contributed by atoms with Crippen LogP contribution in [0.25, 0.3) is 0 Å². The number of likely N-dealkylation sites (tertiary alicyclic amines) is 2. The average Bonchev–Trinajstić information content (AvgIpc) is 3.75. The van der Waals surface area contributed by atoms with Crippen molar-refractivity contribution >= 4 is 35.6 Å². The summed E-state index contributed by atoms with van der Waals surface area (Å²) in [5.41, 5.74) is 1.95. The summed E-state index contributed by atoms with van der Waals surface area (Å²) in [5, 5.41) is 8.10. The summed E-state index contributed by atoms with van der Waals surface area (Å²) >= 11 is 12.5. The highest BCUT2D eigenvalue weighted by Gasteiger charge is 2.33. The Morgan fingerprint density at radius 3 is 2.21 bits per heavy atom. The van der Waals surface area contributed by atoms with Crippen LogP contribution in [0, 0.1) is 11.7 Å². The first-order valence-electron chi connectivity index (χ1n) is 14.9. The Morgan fingerprint density at radius 1 is 1.05 bits per heavy atom. The van der Waals surface area contributed by atoms with Gasteiger partial charge in [0, 0.05) is 29.8 Å². The number of piperidine rings is 1. The summed E-state index contributed by atoms with van der Waals surface area (Å²) in [5.74, 6) is 0.106. The van der Waals surface area contributed by atoms with Gasteiger partial charge in [0.05, 0.1) is 31.4 Å². The average molecular weight is 644 g/mol. The molecule has 1 N–H and O–H groups in total. The third kappa shape index (κ3) is 9.76. The van der Waals surface area contributed by atoms with Crippen LogP contribution < -0.4 is 4.74 Å². The minimum atomic E-state index is -1.04. The lowest BCUT2D eigenvalue weighted by molar-refractivity contribution is -0.122. The minimum absolute atomic E-state index is 0.0203. The Kier molecular flexibility index (Phi) is 14.0. The molecule has 0 bridgehead atoms. The number of carbonyl (C=O) groups is 2. The third-order valence-corrected chi connectivity index (χ3v) is 8.36. The van der Waals surface area contributed by atoms with Crippen LogP contribution in [0.5, 0.6) is 5.75 Å². The van der Waals surface area contributed by atoms with Gasteiger partial charge in [-0.3, -0.25) is 14.5 Å². The third-order valence-electron chi connectivity index (χ3n) is 7.92. The zero-order valence-corrected chi connectivity index (χ0v) is 26.6. The van der Waals surface area contributed by atoms with Gasteiger partial charge in [-0.05, 0) is 92.4 Å². The molecule has 2 atom stereocenters. The highest BCUT2D eigenvalue weighted by atomic mass is 35.5. The van der Waals surface area contributed by atoms with E-state index in [-0.39, 0.29) is 30.5 Å². The molecule has 2 unspecified atom stereocenters. The van der Waals surface area contributed by atoms with Crippen LogP contribution in [0.3, 0.4) is 0 Å². The zero-order chi connectivity index (χ0) is 31.5. The quantitative estimate of drug-likeness (QED) is 0.287. The number of halogens is 4. The zero-order valence-electron chi connectivity index (χ0n) is 25.0. The second-order valence-electron chi connectivity index (χ2n) is 10.9. The van der Waals surface area contributed by atoms with Crippen molar-refractivity contribution in [2.75, 3.05) is 46.5 Å². The van der Waals surface area contributed by atoms with Crippen LogP contribution in [-0.2, 0) is 9.53 Å². The lowest BCUT2D eigenvalue weighted by Gasteiger charge is -2.37. The summed E-state index contributed by atoms with van der Waals surface area (Å²) in [6.45, 7) is 6.88. The van der Waals surface area contributed by atoms with E-state index in [2.05, 4.69) is 4.90 Å². The molecular weight excluding hydrogens is 601 g/mol. The molecule has 0 radical (unpaired) electrons. The first-order chi connectivity index (χ1) is 20.7. The van der Waals surface area contributed by atoms with Crippen LogP contribution in [-0.4, -0.2) is 80.0 Å². The fourth-order valence-corrected chi connectivity index (χ4v) is 6.17. The molecular formula is C32H42Cl2F2N2O5. The molecule has 0 aromatic heterocycles. The predicted octanol–water partition coefficient (Wildman–Crippen LogP) is 7.40. The summed E-state index contributed by atoms with van der Waals surface area (Å²) in [7, 11) is 1.69. The van der Waals surface area contributed by atoms with Crippen molar-refractivity contribution in [2.24, 2.45) is 5.92 Å². The maximum atomic E-state index is 15.1. The van der Waals surface area contributed by atoms with Crippen molar-refractivity contribution in [3.8, 4) is 5.75 Å². The molecule has 2 saturated heterocycles. The molecule has 238 valence electrons. The van der Waals surface area contributed by atoms with E-state index in [1.54, 1.807) is 19.2 Å². The number of rotatable bonds is 9. The van der Waals surface area contributed by atoms with Gasteiger partial charge in [-0.25, -0.2) is 8.78 Å². The van der Waals surface area contributed by atoms with E-state index in [1.165, 1.54) is 11.0 Å². The molecule has 5 rings (SSSR count). The van der Waals surface area contributed by atoms with Gasteiger partial charge in [0.2, 0.25) is 0 Å². The second kappa shape index (κ2) is 17.1. The van der Waals surface area contributed by atoms with E-state index in [4.69, 9.17) is 42.6 Å². The van der Waals surface area contributed by atoms with Gasteiger partial charge in [0.1, 0.15) is 17.7 Å². The van der Waals surface area contributed by atoms with Crippen LogP contribution in [0.1, 0.15) is 79.4 Å². The fraction of sp³-hybridized carbons (Fsp3) is 0.562. The molecule has 2 aliphatic heterocycles. The van der Waals surface area contributed by atoms with Gasteiger partial charge in [0.25, 0.3) is 12.4 Å². The first-order valence-corrected chi connectivity index (χ1v) is 15.7. The van der Waals surface area contributed by atoms with E-state index in [0.29, 0.717) is 47.9 Å².